The highest BCUT2D eigenvalue weighted by molar-refractivity contribution is 5.58. The van der Waals surface area contributed by atoms with Gasteiger partial charge in [0.25, 0.3) is 0 Å². The highest BCUT2D eigenvalue weighted by atomic mass is 16.3. The minimum atomic E-state index is -0.509. The molecule has 2 nitrogen and oxygen atoms in total. The number of hydrogen-bond acceptors (Lipinski definition) is 2. The van der Waals surface area contributed by atoms with Gasteiger partial charge in [-0.3, -0.25) is 0 Å². The van der Waals surface area contributed by atoms with Crippen LogP contribution in [-0.4, -0.2) is 17.4 Å². The predicted octanol–water partition coefficient (Wildman–Crippen LogP) is 0.797. The molecule has 1 atom stereocenters. The Morgan fingerprint density at radius 3 is 2.57 bits per heavy atom. The van der Waals surface area contributed by atoms with E-state index in [-0.39, 0.29) is 0 Å². The minimum Gasteiger partial charge on any atom is -0.387 e. The van der Waals surface area contributed by atoms with Gasteiger partial charge in [0.15, 0.2) is 0 Å². The summed E-state index contributed by atoms with van der Waals surface area (Å²) in [6, 6.07) is 0. The van der Waals surface area contributed by atoms with Gasteiger partial charge < -0.3 is 10.5 Å². The minimum absolute atomic E-state index is 0.509. The summed E-state index contributed by atoms with van der Waals surface area (Å²) in [5.41, 5.74) is 0. The Balaban J connectivity index is 2.98. The molecule has 0 bridgehead atoms. The van der Waals surface area contributed by atoms with Crippen molar-refractivity contribution in [3.05, 3.63) is 0 Å². The van der Waals surface area contributed by atoms with Crippen LogP contribution in [0.5, 0.6) is 0 Å². The molecule has 0 rings (SSSR count). The maximum absolute atomic E-state index is 8.61. The molecule has 0 aromatic rings. The fraction of sp³-hybridized carbons (Fsp3) is 0.800. The van der Waals surface area contributed by atoms with Gasteiger partial charge >= 0.3 is 0 Å². The molecule has 0 spiro atoms. The first kappa shape index (κ1) is 6.63. The van der Waals surface area contributed by atoms with Crippen molar-refractivity contribution in [3.8, 4) is 0 Å². The maximum Gasteiger partial charge on any atom is 0.0884 e. The summed E-state index contributed by atoms with van der Waals surface area (Å²) < 4.78 is 0. The molecular weight excluding hydrogens is 90.1 g/mol. The molecular formula is C5H11NO. The van der Waals surface area contributed by atoms with Crippen LogP contribution in [0.25, 0.3) is 0 Å². The summed E-state index contributed by atoms with van der Waals surface area (Å²) in [5.74, 6) is 0. The fourth-order valence-corrected chi connectivity index (χ4v) is 0.379. The molecule has 42 valence electrons. The molecule has 0 aliphatic carbocycles. The Morgan fingerprint density at radius 2 is 2.43 bits per heavy atom. The lowest BCUT2D eigenvalue weighted by Gasteiger charge is -1.96. The first-order valence-corrected chi connectivity index (χ1v) is 2.50. The number of aliphatic hydroxyl groups is 1. The van der Waals surface area contributed by atoms with E-state index in [4.69, 9.17) is 10.5 Å². The van der Waals surface area contributed by atoms with E-state index in [1.807, 2.05) is 6.92 Å². The topological polar surface area (TPSA) is 44.1 Å². The van der Waals surface area contributed by atoms with Gasteiger partial charge in [-0.15, -0.1) is 0 Å². The molecule has 0 saturated carbocycles. The van der Waals surface area contributed by atoms with E-state index in [0.29, 0.717) is 6.42 Å². The monoisotopic (exact) mass is 101 g/mol. The summed E-state index contributed by atoms with van der Waals surface area (Å²) in [4.78, 5) is 0. The molecule has 1 unspecified atom stereocenters. The summed E-state index contributed by atoms with van der Waals surface area (Å²) >= 11 is 0. The second-order valence-electron chi connectivity index (χ2n) is 1.52. The van der Waals surface area contributed by atoms with E-state index in [2.05, 4.69) is 0 Å². The average Bonchev–Trinajstić information content (AvgIpc) is 1.68. The van der Waals surface area contributed by atoms with Gasteiger partial charge in [0, 0.05) is 6.21 Å². The number of rotatable bonds is 3. The third-order valence-corrected chi connectivity index (χ3v) is 0.777. The second kappa shape index (κ2) is 3.81. The van der Waals surface area contributed by atoms with Crippen LogP contribution in [0.1, 0.15) is 19.8 Å². The molecule has 0 aliphatic rings. The van der Waals surface area contributed by atoms with Crippen LogP contribution in [0.3, 0.4) is 0 Å². The van der Waals surface area contributed by atoms with E-state index in [1.54, 1.807) is 0 Å². The Hall–Kier alpha value is -0.370. The summed E-state index contributed by atoms with van der Waals surface area (Å²) in [6.07, 6.45) is 2.20. The number of nitrogens with one attached hydrogen (secondary N) is 1. The van der Waals surface area contributed by atoms with Gasteiger partial charge in [-0.25, -0.2) is 0 Å². The lowest BCUT2D eigenvalue weighted by atomic mass is 10.2. The van der Waals surface area contributed by atoms with Crippen LogP contribution in [0.2, 0.25) is 0 Å². The maximum atomic E-state index is 8.61. The number of hydrogen-bond donors (Lipinski definition) is 2. The van der Waals surface area contributed by atoms with Crippen LogP contribution in [0, 0.1) is 5.41 Å². The van der Waals surface area contributed by atoms with E-state index in [1.165, 1.54) is 0 Å². The summed E-state index contributed by atoms with van der Waals surface area (Å²) in [7, 11) is 0. The largest absolute Gasteiger partial charge is 0.387 e. The zero-order valence-corrected chi connectivity index (χ0v) is 4.52. The standard InChI is InChI=1S/C5H11NO/c1-2-3-5(7)4-6/h4-7H,2-3H2,1H3. The predicted molar refractivity (Wildman–Crippen MR) is 29.7 cm³/mol. The van der Waals surface area contributed by atoms with Crippen LogP contribution < -0.4 is 0 Å². The van der Waals surface area contributed by atoms with Crippen molar-refractivity contribution in [2.75, 3.05) is 0 Å². The van der Waals surface area contributed by atoms with E-state index >= 15 is 0 Å². The van der Waals surface area contributed by atoms with Crippen molar-refractivity contribution in [3.63, 3.8) is 0 Å². The quantitative estimate of drug-likeness (QED) is 0.507. The molecule has 0 radical (unpaired) electrons. The molecule has 0 saturated heterocycles. The second-order valence-corrected chi connectivity index (χ2v) is 1.52. The Labute approximate surface area is 43.7 Å². The average molecular weight is 101 g/mol. The normalized spacial score (nSPS) is 13.4. The van der Waals surface area contributed by atoms with E-state index in [9.17, 15) is 0 Å². The lowest BCUT2D eigenvalue weighted by Crippen LogP contribution is -2.05. The van der Waals surface area contributed by atoms with Crippen molar-refractivity contribution >= 4 is 6.21 Å². The molecule has 2 heteroatoms. The fourth-order valence-electron chi connectivity index (χ4n) is 0.379. The van der Waals surface area contributed by atoms with Crippen LogP contribution in [0.4, 0.5) is 0 Å². The van der Waals surface area contributed by atoms with Gasteiger partial charge in [-0.1, -0.05) is 13.3 Å². The van der Waals surface area contributed by atoms with Crippen molar-refractivity contribution in [2.24, 2.45) is 0 Å². The SMILES string of the molecule is CCCC(O)C=N. The van der Waals surface area contributed by atoms with E-state index < -0.39 is 6.10 Å². The zero-order chi connectivity index (χ0) is 5.70. The van der Waals surface area contributed by atoms with Gasteiger partial charge in [-0.05, 0) is 6.42 Å². The van der Waals surface area contributed by atoms with E-state index in [0.717, 1.165) is 12.6 Å². The Kier molecular flexibility index (Phi) is 3.61. The molecule has 0 fully saturated rings. The first-order valence-electron chi connectivity index (χ1n) is 2.50. The molecule has 0 aromatic heterocycles. The first-order chi connectivity index (χ1) is 3.31. The molecule has 7 heavy (non-hydrogen) atoms. The highest BCUT2D eigenvalue weighted by Crippen LogP contribution is 1.90. The van der Waals surface area contributed by atoms with Crippen LogP contribution in [0.15, 0.2) is 0 Å². The molecule has 0 aromatic carbocycles. The van der Waals surface area contributed by atoms with Gasteiger partial charge in [0.05, 0.1) is 6.10 Å². The summed E-state index contributed by atoms with van der Waals surface area (Å²) in [6.45, 7) is 1.98. The van der Waals surface area contributed by atoms with Crippen molar-refractivity contribution in [1.82, 2.24) is 0 Å². The Bertz CT molecular complexity index is 54.0. The van der Waals surface area contributed by atoms with Crippen LogP contribution in [-0.2, 0) is 0 Å². The number of aliphatic hydroxyl groups excluding tert-OH is 1. The smallest absolute Gasteiger partial charge is 0.0884 e. The third-order valence-electron chi connectivity index (χ3n) is 0.777. The van der Waals surface area contributed by atoms with Gasteiger partial charge in [0.2, 0.25) is 0 Å². The Morgan fingerprint density at radius 1 is 1.86 bits per heavy atom. The summed E-state index contributed by atoms with van der Waals surface area (Å²) in [5, 5.41) is 15.2. The van der Waals surface area contributed by atoms with Gasteiger partial charge in [-0.2, -0.15) is 0 Å². The van der Waals surface area contributed by atoms with Crippen molar-refractivity contribution in [2.45, 2.75) is 25.9 Å². The van der Waals surface area contributed by atoms with Crippen molar-refractivity contribution in [1.29, 1.82) is 5.41 Å². The van der Waals surface area contributed by atoms with Crippen molar-refractivity contribution < 1.29 is 5.11 Å². The van der Waals surface area contributed by atoms with Gasteiger partial charge in [0.1, 0.15) is 0 Å². The lowest BCUT2D eigenvalue weighted by molar-refractivity contribution is 0.234. The zero-order valence-electron chi connectivity index (χ0n) is 4.52. The molecule has 0 amide bonds. The highest BCUT2D eigenvalue weighted by Gasteiger charge is 1.92. The van der Waals surface area contributed by atoms with Crippen LogP contribution >= 0.6 is 0 Å². The third kappa shape index (κ3) is 3.46. The molecule has 2 N–H and O–H groups in total. The molecule has 0 heterocycles. The molecule has 0 aliphatic heterocycles.